The van der Waals surface area contributed by atoms with Crippen molar-refractivity contribution in [2.45, 2.75) is 39.2 Å². The molecule has 0 fully saturated rings. The van der Waals surface area contributed by atoms with Crippen LogP contribution >= 0.6 is 0 Å². The lowest BCUT2D eigenvalue weighted by atomic mass is 9.79. The van der Waals surface area contributed by atoms with E-state index in [0.717, 1.165) is 6.42 Å². The fourth-order valence-corrected chi connectivity index (χ4v) is 2.48. The lowest BCUT2D eigenvalue weighted by Gasteiger charge is -2.32. The molecule has 0 saturated carbocycles. The summed E-state index contributed by atoms with van der Waals surface area (Å²) in [5.74, 6) is 0. The maximum Gasteiger partial charge on any atom is 0.0377 e. The van der Waals surface area contributed by atoms with Crippen LogP contribution in [0.15, 0.2) is 24.3 Å². The van der Waals surface area contributed by atoms with Gasteiger partial charge in [-0.1, -0.05) is 24.3 Å². The summed E-state index contributed by atoms with van der Waals surface area (Å²) in [6.07, 6.45) is 4.74. The number of fused-ring (bicyclic) bond motifs is 1. The molecule has 1 aliphatic rings. The Morgan fingerprint density at radius 1 is 1.25 bits per heavy atom. The Kier molecular flexibility index (Phi) is 2.90. The van der Waals surface area contributed by atoms with Crippen molar-refractivity contribution in [3.05, 3.63) is 41.0 Å². The summed E-state index contributed by atoms with van der Waals surface area (Å²) >= 11 is 0. The Bertz CT molecular complexity index is 427. The molecule has 16 heavy (non-hydrogen) atoms. The molecule has 1 nitrogen and oxygen atoms in total. The highest BCUT2D eigenvalue weighted by molar-refractivity contribution is 5.76. The predicted octanol–water partition coefficient (Wildman–Crippen LogP) is 3.32. The molecule has 0 aromatic heterocycles. The molecule has 0 heterocycles. The van der Waals surface area contributed by atoms with Gasteiger partial charge in [0.05, 0.1) is 0 Å². The van der Waals surface area contributed by atoms with Gasteiger partial charge in [-0.05, 0) is 62.9 Å². The Morgan fingerprint density at radius 3 is 2.69 bits per heavy atom. The molecule has 0 spiro atoms. The van der Waals surface area contributed by atoms with Crippen LogP contribution in [0.5, 0.6) is 0 Å². The maximum atomic E-state index is 3.40. The van der Waals surface area contributed by atoms with Crippen LogP contribution in [-0.4, -0.2) is 12.6 Å². The fraction of sp³-hybridized carbons (Fsp3) is 0.467. The lowest BCUT2D eigenvalue weighted by Crippen LogP contribution is -2.38. The second kappa shape index (κ2) is 4.06. The van der Waals surface area contributed by atoms with E-state index in [9.17, 15) is 0 Å². The van der Waals surface area contributed by atoms with Crippen LogP contribution in [-0.2, 0) is 6.42 Å². The Balaban J connectivity index is 2.53. The molecule has 0 bridgehead atoms. The van der Waals surface area contributed by atoms with Gasteiger partial charge >= 0.3 is 0 Å². The molecule has 1 heteroatoms. The summed E-state index contributed by atoms with van der Waals surface area (Å²) in [5, 5.41) is 3.40. The zero-order valence-corrected chi connectivity index (χ0v) is 10.7. The summed E-state index contributed by atoms with van der Waals surface area (Å²) in [7, 11) is 2.03. The van der Waals surface area contributed by atoms with E-state index >= 15 is 0 Å². The summed E-state index contributed by atoms with van der Waals surface area (Å²) in [5.41, 5.74) is 5.90. The average Bonchev–Trinajstić information content (AvgIpc) is 2.29. The molecule has 1 aromatic rings. The van der Waals surface area contributed by atoms with E-state index in [-0.39, 0.29) is 5.54 Å². The van der Waals surface area contributed by atoms with Crippen LogP contribution in [0, 0.1) is 6.92 Å². The number of hydrogen-bond donors (Lipinski definition) is 1. The van der Waals surface area contributed by atoms with Gasteiger partial charge in [0, 0.05) is 5.54 Å². The van der Waals surface area contributed by atoms with Gasteiger partial charge in [-0.25, -0.2) is 0 Å². The highest BCUT2D eigenvalue weighted by Crippen LogP contribution is 2.35. The number of benzene rings is 1. The largest absolute Gasteiger partial charge is 0.311 e. The van der Waals surface area contributed by atoms with Gasteiger partial charge in [0.25, 0.3) is 0 Å². The molecule has 2 rings (SSSR count). The number of aryl methyl sites for hydroxylation is 1. The third kappa shape index (κ3) is 1.80. The molecular formula is C15H21N. The summed E-state index contributed by atoms with van der Waals surface area (Å²) in [6, 6.07) is 6.64. The van der Waals surface area contributed by atoms with E-state index < -0.39 is 0 Å². The maximum absolute atomic E-state index is 3.40. The second-order valence-corrected chi connectivity index (χ2v) is 5.13. The van der Waals surface area contributed by atoms with Gasteiger partial charge in [-0.3, -0.25) is 0 Å². The Hall–Kier alpha value is -1.08. The van der Waals surface area contributed by atoms with Crippen LogP contribution in [0.25, 0.3) is 5.57 Å². The Morgan fingerprint density at radius 2 is 2.00 bits per heavy atom. The molecular weight excluding hydrogens is 194 g/mol. The van der Waals surface area contributed by atoms with Gasteiger partial charge < -0.3 is 5.32 Å². The first-order chi connectivity index (χ1) is 7.56. The van der Waals surface area contributed by atoms with E-state index in [0.29, 0.717) is 0 Å². The number of allylic oxidation sites excluding steroid dienone is 1. The first-order valence-electron chi connectivity index (χ1n) is 6.04. The van der Waals surface area contributed by atoms with Crippen molar-refractivity contribution in [2.75, 3.05) is 7.05 Å². The van der Waals surface area contributed by atoms with Gasteiger partial charge in [-0.2, -0.15) is 0 Å². The van der Waals surface area contributed by atoms with Crippen molar-refractivity contribution in [2.24, 2.45) is 0 Å². The molecule has 0 atom stereocenters. The normalized spacial score (nSPS) is 15.6. The lowest BCUT2D eigenvalue weighted by molar-refractivity contribution is 0.541. The first-order valence-corrected chi connectivity index (χ1v) is 6.04. The van der Waals surface area contributed by atoms with Gasteiger partial charge in [0.1, 0.15) is 0 Å². The molecule has 0 amide bonds. The van der Waals surface area contributed by atoms with E-state index in [1.807, 2.05) is 7.05 Å². The van der Waals surface area contributed by atoms with Gasteiger partial charge in [0.15, 0.2) is 0 Å². The van der Waals surface area contributed by atoms with Crippen LogP contribution in [0.1, 0.15) is 37.0 Å². The third-order valence-corrected chi connectivity index (χ3v) is 3.74. The van der Waals surface area contributed by atoms with Crippen molar-refractivity contribution in [3.8, 4) is 0 Å². The zero-order valence-electron chi connectivity index (χ0n) is 10.7. The van der Waals surface area contributed by atoms with Crippen molar-refractivity contribution in [3.63, 3.8) is 0 Å². The van der Waals surface area contributed by atoms with Crippen LogP contribution < -0.4 is 5.32 Å². The molecule has 1 aliphatic carbocycles. The standard InChI is InChI=1S/C15H21N/c1-11-7-5-9-13-12(11)8-6-10-14(13)15(2,3)16-4/h5,7,9-10,16H,6,8H2,1-4H3. The average molecular weight is 215 g/mol. The minimum atomic E-state index is 0.0585. The van der Waals surface area contributed by atoms with Crippen molar-refractivity contribution in [1.29, 1.82) is 0 Å². The number of likely N-dealkylation sites (N-methyl/N-ethyl adjacent to an activating group) is 1. The molecule has 0 radical (unpaired) electrons. The van der Waals surface area contributed by atoms with Gasteiger partial charge in [-0.15, -0.1) is 0 Å². The summed E-state index contributed by atoms with van der Waals surface area (Å²) in [4.78, 5) is 0. The van der Waals surface area contributed by atoms with E-state index in [4.69, 9.17) is 0 Å². The van der Waals surface area contributed by atoms with E-state index in [2.05, 4.69) is 50.4 Å². The third-order valence-electron chi connectivity index (χ3n) is 3.74. The Labute approximate surface area is 98.6 Å². The van der Waals surface area contributed by atoms with Crippen LogP contribution in [0.3, 0.4) is 0 Å². The smallest absolute Gasteiger partial charge is 0.0377 e. The van der Waals surface area contributed by atoms with Crippen molar-refractivity contribution < 1.29 is 0 Å². The highest BCUT2D eigenvalue weighted by Gasteiger charge is 2.26. The highest BCUT2D eigenvalue weighted by atomic mass is 14.9. The predicted molar refractivity (Wildman–Crippen MR) is 70.6 cm³/mol. The summed E-state index contributed by atoms with van der Waals surface area (Å²) < 4.78 is 0. The topological polar surface area (TPSA) is 12.0 Å². The van der Waals surface area contributed by atoms with Gasteiger partial charge in [0.2, 0.25) is 0 Å². The SMILES string of the molecule is CNC(C)(C)C1=CCCc2c(C)cccc21. The van der Waals surface area contributed by atoms with Crippen LogP contribution in [0.4, 0.5) is 0 Å². The number of nitrogens with one attached hydrogen (secondary N) is 1. The molecule has 1 N–H and O–H groups in total. The van der Waals surface area contributed by atoms with Crippen LogP contribution in [0.2, 0.25) is 0 Å². The molecule has 1 aromatic carbocycles. The van der Waals surface area contributed by atoms with Crippen molar-refractivity contribution >= 4 is 5.57 Å². The monoisotopic (exact) mass is 215 g/mol. The molecule has 0 saturated heterocycles. The van der Waals surface area contributed by atoms with E-state index in [1.165, 1.54) is 28.7 Å². The minimum Gasteiger partial charge on any atom is -0.311 e. The first kappa shape index (κ1) is 11.4. The molecule has 0 unspecified atom stereocenters. The quantitative estimate of drug-likeness (QED) is 0.798. The summed E-state index contributed by atoms with van der Waals surface area (Å²) in [6.45, 7) is 6.71. The number of hydrogen-bond acceptors (Lipinski definition) is 1. The fourth-order valence-electron chi connectivity index (χ4n) is 2.48. The van der Waals surface area contributed by atoms with Crippen molar-refractivity contribution in [1.82, 2.24) is 5.32 Å². The second-order valence-electron chi connectivity index (χ2n) is 5.13. The molecule has 0 aliphatic heterocycles. The zero-order chi connectivity index (χ0) is 11.8. The molecule has 86 valence electrons. The van der Waals surface area contributed by atoms with E-state index in [1.54, 1.807) is 0 Å². The number of rotatable bonds is 2. The minimum absolute atomic E-state index is 0.0585.